The van der Waals surface area contributed by atoms with Gasteiger partial charge in [0.25, 0.3) is 0 Å². The molecule has 1 rings (SSSR count). The van der Waals surface area contributed by atoms with Crippen LogP contribution in [0.4, 0.5) is 0 Å². The Hall–Kier alpha value is -1.44. The molecule has 0 radical (unpaired) electrons. The van der Waals surface area contributed by atoms with E-state index in [-0.39, 0.29) is 10.8 Å². The predicted octanol–water partition coefficient (Wildman–Crippen LogP) is 7.81. The maximum absolute atomic E-state index is 10.8. The standard InChI is InChI=1S/C26H44O2/c1-9-10-11-12-13-14-17-28-20(2)15-16-21-18-22(25(3,4)5)24(27)23(19-21)26(6,7)8/h18-19,27H,2,9-17H2,1,3-8H3. The molecule has 0 saturated heterocycles. The lowest BCUT2D eigenvalue weighted by atomic mass is 9.78. The first-order chi connectivity index (χ1) is 13.0. The molecule has 0 amide bonds. The summed E-state index contributed by atoms with van der Waals surface area (Å²) < 4.78 is 5.85. The van der Waals surface area contributed by atoms with Crippen LogP contribution in [0, 0.1) is 0 Å². The molecule has 2 heteroatoms. The van der Waals surface area contributed by atoms with Crippen molar-refractivity contribution in [1.82, 2.24) is 0 Å². The summed E-state index contributed by atoms with van der Waals surface area (Å²) in [6.45, 7) is 20.1. The van der Waals surface area contributed by atoms with Gasteiger partial charge in [-0.25, -0.2) is 0 Å². The fourth-order valence-electron chi connectivity index (χ4n) is 3.44. The largest absolute Gasteiger partial charge is 0.507 e. The van der Waals surface area contributed by atoms with E-state index in [1.54, 1.807) is 0 Å². The summed E-state index contributed by atoms with van der Waals surface area (Å²) in [6.07, 6.45) is 9.35. The zero-order chi connectivity index (χ0) is 21.4. The molecule has 0 saturated carbocycles. The number of aryl methyl sites for hydroxylation is 1. The van der Waals surface area contributed by atoms with Crippen LogP contribution in [0.1, 0.15) is 110 Å². The molecule has 0 atom stereocenters. The van der Waals surface area contributed by atoms with Crippen LogP contribution in [0.25, 0.3) is 0 Å². The Bertz CT molecular complexity index is 579. The highest BCUT2D eigenvalue weighted by atomic mass is 16.5. The molecule has 160 valence electrons. The van der Waals surface area contributed by atoms with Gasteiger partial charge in [0.1, 0.15) is 5.75 Å². The van der Waals surface area contributed by atoms with Crippen LogP contribution >= 0.6 is 0 Å². The van der Waals surface area contributed by atoms with E-state index >= 15 is 0 Å². The topological polar surface area (TPSA) is 29.5 Å². The molecule has 0 unspecified atom stereocenters. The lowest BCUT2D eigenvalue weighted by Crippen LogP contribution is -2.18. The molecule has 0 fully saturated rings. The number of aromatic hydroxyl groups is 1. The van der Waals surface area contributed by atoms with Crippen molar-refractivity contribution < 1.29 is 9.84 Å². The molecule has 28 heavy (non-hydrogen) atoms. The zero-order valence-electron chi connectivity index (χ0n) is 19.6. The van der Waals surface area contributed by atoms with Gasteiger partial charge in [-0.15, -0.1) is 0 Å². The molecular weight excluding hydrogens is 344 g/mol. The molecule has 0 spiro atoms. The number of rotatable bonds is 11. The summed E-state index contributed by atoms with van der Waals surface area (Å²) in [5.41, 5.74) is 3.11. The van der Waals surface area contributed by atoms with E-state index in [4.69, 9.17) is 4.74 Å². The fourth-order valence-corrected chi connectivity index (χ4v) is 3.44. The number of hydrogen-bond acceptors (Lipinski definition) is 2. The lowest BCUT2D eigenvalue weighted by Gasteiger charge is -2.28. The van der Waals surface area contributed by atoms with Crippen molar-refractivity contribution in [3.8, 4) is 5.75 Å². The Balaban J connectivity index is 2.65. The molecule has 0 bridgehead atoms. The van der Waals surface area contributed by atoms with Crippen molar-refractivity contribution in [3.63, 3.8) is 0 Å². The van der Waals surface area contributed by atoms with Crippen LogP contribution < -0.4 is 0 Å². The molecule has 1 N–H and O–H groups in total. The Kier molecular flexibility index (Phi) is 9.60. The number of hydrogen-bond donors (Lipinski definition) is 1. The maximum Gasteiger partial charge on any atom is 0.123 e. The van der Waals surface area contributed by atoms with Gasteiger partial charge in [0, 0.05) is 6.42 Å². The average Bonchev–Trinajstić information content (AvgIpc) is 2.58. The first kappa shape index (κ1) is 24.6. The van der Waals surface area contributed by atoms with E-state index in [9.17, 15) is 5.11 Å². The van der Waals surface area contributed by atoms with Crippen molar-refractivity contribution in [2.24, 2.45) is 0 Å². The summed E-state index contributed by atoms with van der Waals surface area (Å²) in [4.78, 5) is 0. The first-order valence-corrected chi connectivity index (χ1v) is 11.1. The van der Waals surface area contributed by atoms with Crippen molar-refractivity contribution >= 4 is 0 Å². The SMILES string of the molecule is C=C(CCc1cc(C(C)(C)C)c(O)c(C(C)(C)C)c1)OCCCCCCCC. The maximum atomic E-state index is 10.8. The van der Waals surface area contributed by atoms with Crippen LogP contribution in [0.3, 0.4) is 0 Å². The Labute approximate surface area is 174 Å². The predicted molar refractivity (Wildman–Crippen MR) is 122 cm³/mol. The number of phenols is 1. The van der Waals surface area contributed by atoms with Gasteiger partial charge in [0.15, 0.2) is 0 Å². The second kappa shape index (κ2) is 10.9. The van der Waals surface area contributed by atoms with Crippen molar-refractivity contribution in [2.75, 3.05) is 6.61 Å². The van der Waals surface area contributed by atoms with Crippen LogP contribution in [0.2, 0.25) is 0 Å². The summed E-state index contributed by atoms with van der Waals surface area (Å²) in [7, 11) is 0. The fraction of sp³-hybridized carbons (Fsp3) is 0.692. The third kappa shape index (κ3) is 8.29. The van der Waals surface area contributed by atoms with E-state index in [1.165, 1.54) is 37.7 Å². The van der Waals surface area contributed by atoms with Crippen LogP contribution in [-0.4, -0.2) is 11.7 Å². The van der Waals surface area contributed by atoms with Crippen molar-refractivity contribution in [3.05, 3.63) is 41.2 Å². The molecule has 0 aliphatic heterocycles. The molecule has 1 aromatic carbocycles. The highest BCUT2D eigenvalue weighted by molar-refractivity contribution is 5.50. The number of allylic oxidation sites excluding steroid dienone is 1. The quantitative estimate of drug-likeness (QED) is 0.309. The second-order valence-electron chi connectivity index (χ2n) is 10.2. The molecule has 1 aromatic rings. The monoisotopic (exact) mass is 388 g/mol. The van der Waals surface area contributed by atoms with E-state index in [2.05, 4.69) is 67.2 Å². The Morgan fingerprint density at radius 3 is 1.89 bits per heavy atom. The number of benzene rings is 1. The summed E-state index contributed by atoms with van der Waals surface area (Å²) in [5.74, 6) is 1.32. The van der Waals surface area contributed by atoms with Gasteiger partial charge in [-0.05, 0) is 40.4 Å². The summed E-state index contributed by atoms with van der Waals surface area (Å²) in [5, 5.41) is 10.8. The van der Waals surface area contributed by atoms with Gasteiger partial charge in [-0.1, -0.05) is 99.3 Å². The second-order valence-corrected chi connectivity index (χ2v) is 10.2. The number of phenolic OH excluding ortho intramolecular Hbond substituents is 1. The normalized spacial score (nSPS) is 12.2. The minimum Gasteiger partial charge on any atom is -0.507 e. The van der Waals surface area contributed by atoms with Gasteiger partial charge in [0.05, 0.1) is 12.4 Å². The molecule has 0 heterocycles. The van der Waals surface area contributed by atoms with E-state index in [1.807, 2.05) is 0 Å². The summed E-state index contributed by atoms with van der Waals surface area (Å²) >= 11 is 0. The highest BCUT2D eigenvalue weighted by Crippen LogP contribution is 2.40. The lowest BCUT2D eigenvalue weighted by molar-refractivity contribution is 0.197. The van der Waals surface area contributed by atoms with Gasteiger partial charge in [-0.3, -0.25) is 0 Å². The van der Waals surface area contributed by atoms with Gasteiger partial charge in [-0.2, -0.15) is 0 Å². The molecule has 0 aromatic heterocycles. The van der Waals surface area contributed by atoms with Crippen LogP contribution in [-0.2, 0) is 22.0 Å². The zero-order valence-corrected chi connectivity index (χ0v) is 19.6. The van der Waals surface area contributed by atoms with Gasteiger partial charge < -0.3 is 9.84 Å². The minimum atomic E-state index is -0.0919. The number of unbranched alkanes of at least 4 members (excludes halogenated alkanes) is 5. The average molecular weight is 389 g/mol. The Morgan fingerprint density at radius 1 is 0.893 bits per heavy atom. The van der Waals surface area contributed by atoms with Crippen molar-refractivity contribution in [1.29, 1.82) is 0 Å². The molecule has 0 aliphatic carbocycles. The number of ether oxygens (including phenoxy) is 1. The smallest absolute Gasteiger partial charge is 0.123 e. The van der Waals surface area contributed by atoms with Gasteiger partial charge in [0.2, 0.25) is 0 Å². The third-order valence-corrected chi connectivity index (χ3v) is 5.28. The van der Waals surface area contributed by atoms with Gasteiger partial charge >= 0.3 is 0 Å². The highest BCUT2D eigenvalue weighted by Gasteiger charge is 2.26. The third-order valence-electron chi connectivity index (χ3n) is 5.28. The van der Waals surface area contributed by atoms with Crippen LogP contribution in [0.5, 0.6) is 5.75 Å². The Morgan fingerprint density at radius 2 is 1.39 bits per heavy atom. The molecular formula is C26H44O2. The van der Waals surface area contributed by atoms with Crippen molar-refractivity contribution in [2.45, 2.75) is 111 Å². The van der Waals surface area contributed by atoms with E-state index < -0.39 is 0 Å². The first-order valence-electron chi connectivity index (χ1n) is 11.1. The van der Waals surface area contributed by atoms with E-state index in [0.29, 0.717) is 5.75 Å². The molecule has 2 nitrogen and oxygen atoms in total. The summed E-state index contributed by atoms with van der Waals surface area (Å²) in [6, 6.07) is 4.32. The minimum absolute atomic E-state index is 0.0919. The van der Waals surface area contributed by atoms with Crippen LogP contribution in [0.15, 0.2) is 24.5 Å². The molecule has 0 aliphatic rings. The van der Waals surface area contributed by atoms with E-state index in [0.717, 1.165) is 42.8 Å².